The average Bonchev–Trinajstić information content (AvgIpc) is 2.12. The third-order valence-electron chi connectivity index (χ3n) is 2.25. The van der Waals surface area contributed by atoms with Crippen LogP contribution in [0.5, 0.6) is 5.75 Å². The van der Waals surface area contributed by atoms with E-state index in [4.69, 9.17) is 4.74 Å². The Labute approximate surface area is 82.4 Å². The lowest BCUT2D eigenvalue weighted by atomic mass is 10.1. The van der Waals surface area contributed by atoms with Gasteiger partial charge in [0.15, 0.2) is 11.6 Å². The molecule has 0 spiro atoms. The molecule has 74 valence electrons. The molecule has 1 fully saturated rings. The minimum Gasteiger partial charge on any atom is -0.494 e. The van der Waals surface area contributed by atoms with Crippen LogP contribution in [-0.2, 0) is 0 Å². The topological polar surface area (TPSA) is 21.3 Å². The molecule has 2 nitrogen and oxygen atoms in total. The molecule has 0 saturated carbocycles. The Morgan fingerprint density at radius 3 is 2.71 bits per heavy atom. The first-order chi connectivity index (χ1) is 6.79. The van der Waals surface area contributed by atoms with E-state index in [0.29, 0.717) is 5.75 Å². The number of ether oxygens (including phenoxy) is 1. The maximum atomic E-state index is 13.3. The van der Waals surface area contributed by atoms with Gasteiger partial charge in [0.25, 0.3) is 0 Å². The van der Waals surface area contributed by atoms with E-state index < -0.39 is 0 Å². The summed E-state index contributed by atoms with van der Waals surface area (Å²) in [6.07, 6.45) is 2.00. The second-order valence-corrected chi connectivity index (χ2v) is 3.30. The van der Waals surface area contributed by atoms with Gasteiger partial charge in [0.1, 0.15) is 0 Å². The van der Waals surface area contributed by atoms with Crippen molar-refractivity contribution in [1.29, 1.82) is 0 Å². The number of rotatable bonds is 2. The highest BCUT2D eigenvalue weighted by molar-refractivity contribution is 5.56. The number of hydrogen-bond donors (Lipinski definition) is 1. The van der Waals surface area contributed by atoms with Gasteiger partial charge < -0.3 is 10.1 Å². The number of halogens is 1. The zero-order valence-corrected chi connectivity index (χ0v) is 8.01. The van der Waals surface area contributed by atoms with E-state index in [1.54, 1.807) is 6.07 Å². The van der Waals surface area contributed by atoms with Crippen molar-refractivity contribution in [3.05, 3.63) is 35.2 Å². The highest BCUT2D eigenvalue weighted by atomic mass is 19.1. The standard InChI is InChI=1S/C11H12FNO/c1-14-11-3-2-8(5-10(11)12)4-9-6-13-7-9/h2-5,13H,6-7H2,1H3. The minimum atomic E-state index is -0.311. The summed E-state index contributed by atoms with van der Waals surface area (Å²) in [5.74, 6) is -0.0204. The lowest BCUT2D eigenvalue weighted by Crippen LogP contribution is -2.33. The van der Waals surface area contributed by atoms with Gasteiger partial charge in [-0.15, -0.1) is 0 Å². The Morgan fingerprint density at radius 1 is 1.43 bits per heavy atom. The van der Waals surface area contributed by atoms with Crippen molar-refractivity contribution in [1.82, 2.24) is 5.32 Å². The van der Waals surface area contributed by atoms with Crippen molar-refractivity contribution in [2.75, 3.05) is 20.2 Å². The van der Waals surface area contributed by atoms with E-state index in [9.17, 15) is 4.39 Å². The molecule has 1 saturated heterocycles. The second kappa shape index (κ2) is 3.80. The Morgan fingerprint density at radius 2 is 2.21 bits per heavy atom. The van der Waals surface area contributed by atoms with E-state index in [-0.39, 0.29) is 5.82 Å². The van der Waals surface area contributed by atoms with Gasteiger partial charge in [-0.05, 0) is 23.3 Å². The van der Waals surface area contributed by atoms with E-state index in [0.717, 1.165) is 18.7 Å². The molecule has 0 atom stereocenters. The Kier molecular flexibility index (Phi) is 2.50. The van der Waals surface area contributed by atoms with Crippen LogP contribution >= 0.6 is 0 Å². The number of nitrogens with one attached hydrogen (secondary N) is 1. The third-order valence-corrected chi connectivity index (χ3v) is 2.25. The quantitative estimate of drug-likeness (QED) is 0.773. The molecule has 1 aliphatic heterocycles. The first-order valence-electron chi connectivity index (χ1n) is 4.53. The van der Waals surface area contributed by atoms with Crippen molar-refractivity contribution in [2.45, 2.75) is 0 Å². The molecule has 14 heavy (non-hydrogen) atoms. The summed E-state index contributed by atoms with van der Waals surface area (Å²) in [4.78, 5) is 0. The zero-order valence-electron chi connectivity index (χ0n) is 8.01. The summed E-state index contributed by atoms with van der Waals surface area (Å²) >= 11 is 0. The Hall–Kier alpha value is -1.35. The van der Waals surface area contributed by atoms with Crippen molar-refractivity contribution in [2.24, 2.45) is 0 Å². The molecule has 0 unspecified atom stereocenters. The molecular weight excluding hydrogens is 181 g/mol. The molecule has 1 aliphatic rings. The van der Waals surface area contributed by atoms with Crippen LogP contribution in [0.25, 0.3) is 6.08 Å². The molecule has 1 aromatic rings. The van der Waals surface area contributed by atoms with Gasteiger partial charge in [-0.2, -0.15) is 0 Å². The number of hydrogen-bond acceptors (Lipinski definition) is 2. The first kappa shape index (κ1) is 9.21. The molecule has 0 bridgehead atoms. The summed E-state index contributed by atoms with van der Waals surface area (Å²) < 4.78 is 18.1. The molecule has 3 heteroatoms. The Bertz CT molecular complexity index is 368. The zero-order chi connectivity index (χ0) is 9.97. The second-order valence-electron chi connectivity index (χ2n) is 3.30. The van der Waals surface area contributed by atoms with Gasteiger partial charge >= 0.3 is 0 Å². The van der Waals surface area contributed by atoms with E-state index >= 15 is 0 Å². The average molecular weight is 193 g/mol. The van der Waals surface area contributed by atoms with Gasteiger partial charge in [0, 0.05) is 13.1 Å². The molecule has 2 rings (SSSR count). The van der Waals surface area contributed by atoms with Gasteiger partial charge in [-0.1, -0.05) is 12.1 Å². The van der Waals surface area contributed by atoms with Crippen LogP contribution in [0.4, 0.5) is 4.39 Å². The molecule has 1 aromatic carbocycles. The number of benzene rings is 1. The van der Waals surface area contributed by atoms with Crippen LogP contribution in [0.3, 0.4) is 0 Å². The highest BCUT2D eigenvalue weighted by Crippen LogP contribution is 2.19. The SMILES string of the molecule is COc1ccc(C=C2CNC2)cc1F. The lowest BCUT2D eigenvalue weighted by molar-refractivity contribution is 0.386. The molecule has 1 N–H and O–H groups in total. The summed E-state index contributed by atoms with van der Waals surface area (Å²) in [6.45, 7) is 1.82. The van der Waals surface area contributed by atoms with Crippen molar-refractivity contribution < 1.29 is 9.13 Å². The Balaban J connectivity index is 2.23. The van der Waals surface area contributed by atoms with E-state index in [2.05, 4.69) is 5.32 Å². The molecule has 0 amide bonds. The van der Waals surface area contributed by atoms with E-state index in [1.807, 2.05) is 12.1 Å². The van der Waals surface area contributed by atoms with Gasteiger partial charge in [0.05, 0.1) is 7.11 Å². The predicted octanol–water partition coefficient (Wildman–Crippen LogP) is 1.82. The normalized spacial score (nSPS) is 14.9. The van der Waals surface area contributed by atoms with Crippen LogP contribution in [0.2, 0.25) is 0 Å². The van der Waals surface area contributed by atoms with Crippen LogP contribution in [0.15, 0.2) is 23.8 Å². The predicted molar refractivity (Wildman–Crippen MR) is 53.8 cm³/mol. The van der Waals surface area contributed by atoms with Gasteiger partial charge in [0.2, 0.25) is 0 Å². The lowest BCUT2D eigenvalue weighted by Gasteiger charge is -2.18. The summed E-state index contributed by atoms with van der Waals surface area (Å²) in [7, 11) is 1.46. The van der Waals surface area contributed by atoms with Crippen molar-refractivity contribution >= 4 is 6.08 Å². The van der Waals surface area contributed by atoms with Crippen LogP contribution in [0.1, 0.15) is 5.56 Å². The molecular formula is C11H12FNO. The van der Waals surface area contributed by atoms with Crippen LogP contribution in [0, 0.1) is 5.82 Å². The van der Waals surface area contributed by atoms with Crippen molar-refractivity contribution in [3.8, 4) is 5.75 Å². The fourth-order valence-electron chi connectivity index (χ4n) is 1.38. The summed E-state index contributed by atoms with van der Waals surface area (Å²) in [5, 5.41) is 3.13. The monoisotopic (exact) mass is 193 g/mol. The third kappa shape index (κ3) is 1.77. The van der Waals surface area contributed by atoms with E-state index in [1.165, 1.54) is 18.7 Å². The smallest absolute Gasteiger partial charge is 0.165 e. The van der Waals surface area contributed by atoms with Gasteiger partial charge in [-0.25, -0.2) is 4.39 Å². The minimum absolute atomic E-state index is 0.291. The summed E-state index contributed by atoms with van der Waals surface area (Å²) in [6, 6.07) is 4.99. The van der Waals surface area contributed by atoms with Crippen LogP contribution in [-0.4, -0.2) is 20.2 Å². The fraction of sp³-hybridized carbons (Fsp3) is 0.273. The number of methoxy groups -OCH3 is 1. The maximum absolute atomic E-state index is 13.3. The largest absolute Gasteiger partial charge is 0.494 e. The molecule has 0 radical (unpaired) electrons. The highest BCUT2D eigenvalue weighted by Gasteiger charge is 2.07. The summed E-state index contributed by atoms with van der Waals surface area (Å²) in [5.41, 5.74) is 2.19. The maximum Gasteiger partial charge on any atom is 0.165 e. The van der Waals surface area contributed by atoms with Crippen LogP contribution < -0.4 is 10.1 Å². The first-order valence-corrected chi connectivity index (χ1v) is 4.53. The fourth-order valence-corrected chi connectivity index (χ4v) is 1.38. The molecule has 1 heterocycles. The van der Waals surface area contributed by atoms with Gasteiger partial charge in [-0.3, -0.25) is 0 Å². The van der Waals surface area contributed by atoms with Crippen molar-refractivity contribution in [3.63, 3.8) is 0 Å². The molecule has 0 aliphatic carbocycles. The molecule has 0 aromatic heterocycles.